The van der Waals surface area contributed by atoms with Crippen LogP contribution in [-0.2, 0) is 13.1 Å². The van der Waals surface area contributed by atoms with Crippen LogP contribution in [0.1, 0.15) is 61.6 Å². The van der Waals surface area contributed by atoms with Crippen LogP contribution in [0.2, 0.25) is 0 Å². The van der Waals surface area contributed by atoms with E-state index in [1.54, 1.807) is 18.3 Å². The van der Waals surface area contributed by atoms with Crippen LogP contribution in [0.3, 0.4) is 0 Å². The zero-order valence-corrected chi connectivity index (χ0v) is 16.3. The minimum atomic E-state index is -0.969. The van der Waals surface area contributed by atoms with Gasteiger partial charge in [-0.15, -0.1) is 0 Å². The minimum absolute atomic E-state index is 0.221. The molecule has 0 atom stereocenters. The smallest absolute Gasteiger partial charge is 0.335 e. The third kappa shape index (κ3) is 5.84. The molecule has 1 aromatic heterocycles. The molecule has 3 N–H and O–H groups in total. The van der Waals surface area contributed by atoms with Gasteiger partial charge < -0.3 is 15.7 Å². The van der Waals surface area contributed by atoms with Crippen molar-refractivity contribution in [1.29, 1.82) is 0 Å². The number of benzene rings is 1. The number of nitrogens with one attached hydrogen (secondary N) is 2. The Kier molecular flexibility index (Phi) is 6.98. The Morgan fingerprint density at radius 1 is 1.15 bits per heavy atom. The van der Waals surface area contributed by atoms with Gasteiger partial charge in [-0.05, 0) is 36.0 Å². The summed E-state index contributed by atoms with van der Waals surface area (Å²) in [6, 6.07) is 6.10. The first kappa shape index (κ1) is 20.5. The van der Waals surface area contributed by atoms with Crippen molar-refractivity contribution in [1.82, 2.24) is 15.1 Å². The third-order valence-corrected chi connectivity index (χ3v) is 4.25. The van der Waals surface area contributed by atoms with Gasteiger partial charge in [0.15, 0.2) is 0 Å². The van der Waals surface area contributed by atoms with Crippen molar-refractivity contribution >= 4 is 17.7 Å². The number of carboxylic acid groups (broad SMARTS) is 1. The van der Waals surface area contributed by atoms with E-state index in [1.165, 1.54) is 12.1 Å². The van der Waals surface area contributed by atoms with Gasteiger partial charge in [0, 0.05) is 13.1 Å². The predicted molar refractivity (Wildman–Crippen MR) is 105 cm³/mol. The fourth-order valence-electron chi connectivity index (χ4n) is 2.77. The second-order valence-electron chi connectivity index (χ2n) is 7.31. The summed E-state index contributed by atoms with van der Waals surface area (Å²) >= 11 is 0. The second kappa shape index (κ2) is 9.21. The lowest BCUT2D eigenvalue weighted by atomic mass is 10.1. The molecule has 0 saturated carbocycles. The average molecular weight is 372 g/mol. The van der Waals surface area contributed by atoms with Crippen LogP contribution in [0.4, 0.5) is 10.5 Å². The van der Waals surface area contributed by atoms with E-state index in [0.29, 0.717) is 18.2 Å². The maximum atomic E-state index is 12.3. The van der Waals surface area contributed by atoms with Crippen LogP contribution in [0.5, 0.6) is 0 Å². The number of aryl methyl sites for hydroxylation is 1. The van der Waals surface area contributed by atoms with Crippen molar-refractivity contribution in [3.8, 4) is 0 Å². The van der Waals surface area contributed by atoms with Crippen LogP contribution >= 0.6 is 0 Å². The number of hydrogen-bond donors (Lipinski definition) is 3. The molecule has 2 amide bonds. The molecule has 0 bridgehead atoms. The maximum Gasteiger partial charge on any atom is 0.335 e. The highest BCUT2D eigenvalue weighted by Crippen LogP contribution is 2.24. The van der Waals surface area contributed by atoms with Crippen molar-refractivity contribution in [2.24, 2.45) is 5.92 Å². The fraction of sp³-hybridized carbons (Fsp3) is 0.450. The quantitative estimate of drug-likeness (QED) is 0.651. The highest BCUT2D eigenvalue weighted by atomic mass is 16.4. The predicted octanol–water partition coefficient (Wildman–Crippen LogP) is 4.07. The number of amides is 2. The Morgan fingerprint density at radius 3 is 2.37 bits per heavy atom. The molecule has 146 valence electrons. The van der Waals surface area contributed by atoms with Gasteiger partial charge in [-0.1, -0.05) is 39.8 Å². The Balaban J connectivity index is 1.97. The number of carbonyl (C=O) groups excluding carboxylic acids is 1. The van der Waals surface area contributed by atoms with E-state index < -0.39 is 5.97 Å². The number of carbonyl (C=O) groups is 2. The Morgan fingerprint density at radius 2 is 1.81 bits per heavy atom. The highest BCUT2D eigenvalue weighted by Gasteiger charge is 2.16. The summed E-state index contributed by atoms with van der Waals surface area (Å²) in [7, 11) is 0. The summed E-state index contributed by atoms with van der Waals surface area (Å²) in [5.74, 6) is -0.150. The largest absolute Gasteiger partial charge is 0.478 e. The molecule has 0 aliphatic carbocycles. The molecule has 0 fully saturated rings. The molecular weight excluding hydrogens is 344 g/mol. The molecule has 2 aromatic rings. The fourth-order valence-corrected chi connectivity index (χ4v) is 2.77. The SMILES string of the molecule is CC(C)CCn1ncc(NC(=O)NCc2ccc(C(=O)O)cc2)c1C(C)C. The maximum absolute atomic E-state index is 12.3. The Hall–Kier alpha value is -2.83. The van der Waals surface area contributed by atoms with Gasteiger partial charge in [-0.25, -0.2) is 9.59 Å². The van der Waals surface area contributed by atoms with Crippen LogP contribution in [-0.4, -0.2) is 26.9 Å². The van der Waals surface area contributed by atoms with E-state index in [2.05, 4.69) is 43.4 Å². The van der Waals surface area contributed by atoms with Crippen molar-refractivity contribution in [2.75, 3.05) is 5.32 Å². The molecule has 2 rings (SSSR count). The van der Waals surface area contributed by atoms with E-state index in [4.69, 9.17) is 5.11 Å². The molecule has 0 radical (unpaired) electrons. The number of hydrogen-bond acceptors (Lipinski definition) is 3. The summed E-state index contributed by atoms with van der Waals surface area (Å²) in [5.41, 5.74) is 2.77. The minimum Gasteiger partial charge on any atom is -0.478 e. The Labute approximate surface area is 159 Å². The molecule has 0 unspecified atom stereocenters. The van der Waals surface area contributed by atoms with E-state index in [-0.39, 0.29) is 17.5 Å². The number of carboxylic acids is 1. The van der Waals surface area contributed by atoms with Crippen LogP contribution in [0.15, 0.2) is 30.5 Å². The zero-order chi connectivity index (χ0) is 20.0. The van der Waals surface area contributed by atoms with Gasteiger partial charge in [-0.3, -0.25) is 4.68 Å². The lowest BCUT2D eigenvalue weighted by molar-refractivity contribution is 0.0697. The number of aromatic nitrogens is 2. The molecule has 7 heteroatoms. The summed E-state index contributed by atoms with van der Waals surface area (Å²) in [4.78, 5) is 23.1. The van der Waals surface area contributed by atoms with E-state index >= 15 is 0 Å². The summed E-state index contributed by atoms with van der Waals surface area (Å²) in [6.45, 7) is 9.64. The van der Waals surface area contributed by atoms with Crippen LogP contribution < -0.4 is 10.6 Å². The topological polar surface area (TPSA) is 96.3 Å². The second-order valence-corrected chi connectivity index (χ2v) is 7.31. The lowest BCUT2D eigenvalue weighted by Gasteiger charge is -2.14. The number of nitrogens with zero attached hydrogens (tertiary/aromatic N) is 2. The van der Waals surface area contributed by atoms with Crippen LogP contribution in [0, 0.1) is 5.92 Å². The molecule has 0 aliphatic rings. The van der Waals surface area contributed by atoms with Crippen LogP contribution in [0.25, 0.3) is 0 Å². The number of aromatic carboxylic acids is 1. The summed E-state index contributed by atoms with van der Waals surface area (Å²) in [5, 5.41) is 19.0. The average Bonchev–Trinajstić information content (AvgIpc) is 3.01. The molecule has 1 heterocycles. The van der Waals surface area contributed by atoms with Crippen molar-refractivity contribution in [3.63, 3.8) is 0 Å². The third-order valence-electron chi connectivity index (χ3n) is 4.25. The van der Waals surface area contributed by atoms with Gasteiger partial charge >= 0.3 is 12.0 Å². The molecule has 7 nitrogen and oxygen atoms in total. The molecule has 1 aromatic carbocycles. The van der Waals surface area contributed by atoms with E-state index in [9.17, 15) is 9.59 Å². The number of anilines is 1. The van der Waals surface area contributed by atoms with Crippen molar-refractivity contribution in [3.05, 3.63) is 47.3 Å². The van der Waals surface area contributed by atoms with E-state index in [0.717, 1.165) is 24.2 Å². The number of urea groups is 1. The van der Waals surface area contributed by atoms with Crippen molar-refractivity contribution in [2.45, 2.75) is 53.1 Å². The Bertz CT molecular complexity index is 779. The zero-order valence-electron chi connectivity index (χ0n) is 16.3. The number of rotatable bonds is 8. The van der Waals surface area contributed by atoms with Gasteiger partial charge in [0.25, 0.3) is 0 Å². The molecule has 0 aliphatic heterocycles. The summed E-state index contributed by atoms with van der Waals surface area (Å²) in [6.07, 6.45) is 2.72. The standard InChI is InChI=1S/C20H28N4O3/c1-13(2)9-10-24-18(14(3)4)17(12-22-24)23-20(27)21-11-15-5-7-16(8-6-15)19(25)26/h5-8,12-14H,9-11H2,1-4H3,(H,25,26)(H2,21,23,27). The van der Waals surface area contributed by atoms with Gasteiger partial charge in [0.2, 0.25) is 0 Å². The first-order valence-corrected chi connectivity index (χ1v) is 9.20. The normalized spacial score (nSPS) is 11.0. The lowest BCUT2D eigenvalue weighted by Crippen LogP contribution is -2.28. The monoisotopic (exact) mass is 372 g/mol. The van der Waals surface area contributed by atoms with Gasteiger partial charge in [-0.2, -0.15) is 5.10 Å². The summed E-state index contributed by atoms with van der Waals surface area (Å²) < 4.78 is 1.96. The highest BCUT2D eigenvalue weighted by molar-refractivity contribution is 5.90. The molecule has 0 saturated heterocycles. The first-order chi connectivity index (χ1) is 12.8. The molecule has 27 heavy (non-hydrogen) atoms. The van der Waals surface area contributed by atoms with Gasteiger partial charge in [0.05, 0.1) is 23.1 Å². The first-order valence-electron chi connectivity index (χ1n) is 9.20. The van der Waals surface area contributed by atoms with Gasteiger partial charge in [0.1, 0.15) is 0 Å². The van der Waals surface area contributed by atoms with Crippen molar-refractivity contribution < 1.29 is 14.7 Å². The van der Waals surface area contributed by atoms with E-state index in [1.807, 2.05) is 4.68 Å². The molecular formula is C20H28N4O3. The molecule has 0 spiro atoms.